The van der Waals surface area contributed by atoms with Crippen LogP contribution in [0.3, 0.4) is 0 Å². The van der Waals surface area contributed by atoms with Crippen LogP contribution in [0.1, 0.15) is 36.8 Å². The summed E-state index contributed by atoms with van der Waals surface area (Å²) in [5, 5.41) is 12.2. The number of halogens is 1. The first-order chi connectivity index (χ1) is 12.1. The van der Waals surface area contributed by atoms with Crippen LogP contribution in [0.4, 0.5) is 11.4 Å². The van der Waals surface area contributed by atoms with Crippen molar-refractivity contribution in [1.82, 2.24) is 0 Å². The summed E-state index contributed by atoms with van der Waals surface area (Å²) in [5.74, 6) is 0.201. The van der Waals surface area contributed by atoms with Gasteiger partial charge in [-0.25, -0.2) is 4.99 Å². The second-order valence-corrected chi connectivity index (χ2v) is 7.22. The molecule has 2 aliphatic heterocycles. The summed E-state index contributed by atoms with van der Waals surface area (Å²) in [7, 11) is 0. The topological polar surface area (TPSA) is 61.9 Å². The van der Waals surface area contributed by atoms with Crippen molar-refractivity contribution < 1.29 is 5.11 Å². The molecule has 0 spiro atoms. The minimum atomic E-state index is -1.44. The smallest absolute Gasteiger partial charge is 0.176 e. The van der Waals surface area contributed by atoms with Crippen molar-refractivity contribution in [3.8, 4) is 0 Å². The standard InChI is InChI=1S/C20H22ClN3O/c21-14-9-10-17-16(13-14)20(25,19(22)23-17)15-7-3-4-8-18(15)24-11-5-1-2-6-12-24/h3-4,7-10,13,25H,1-2,5-6,11-12H2,(H2,22,23). The molecular formula is C20H22ClN3O. The SMILES string of the molecule is NC1=Nc2ccc(Cl)cc2C1(O)c1ccccc1N1CCCCCC1. The maximum Gasteiger partial charge on any atom is 0.176 e. The van der Waals surface area contributed by atoms with Crippen LogP contribution < -0.4 is 10.6 Å². The predicted octanol–water partition coefficient (Wildman–Crippen LogP) is 3.96. The highest BCUT2D eigenvalue weighted by atomic mass is 35.5. The largest absolute Gasteiger partial charge is 0.384 e. The van der Waals surface area contributed by atoms with Crippen molar-refractivity contribution in [3.63, 3.8) is 0 Å². The van der Waals surface area contributed by atoms with Crippen molar-refractivity contribution in [2.24, 2.45) is 10.7 Å². The number of nitrogens with zero attached hydrogens (tertiary/aromatic N) is 2. The molecule has 0 amide bonds. The van der Waals surface area contributed by atoms with E-state index in [9.17, 15) is 5.11 Å². The average Bonchev–Trinajstić information content (AvgIpc) is 2.81. The van der Waals surface area contributed by atoms with E-state index in [1.165, 1.54) is 25.7 Å². The minimum absolute atomic E-state index is 0.201. The zero-order valence-electron chi connectivity index (χ0n) is 14.1. The van der Waals surface area contributed by atoms with Gasteiger partial charge in [-0.05, 0) is 37.1 Å². The molecule has 0 bridgehead atoms. The Bertz CT molecular complexity index is 827. The number of rotatable bonds is 2. The molecular weight excluding hydrogens is 334 g/mol. The lowest BCUT2D eigenvalue weighted by atomic mass is 9.85. The number of anilines is 1. The molecule has 0 saturated carbocycles. The number of nitrogens with two attached hydrogens (primary N) is 1. The summed E-state index contributed by atoms with van der Waals surface area (Å²) in [5.41, 5.74) is 7.90. The Balaban J connectivity index is 1.85. The van der Waals surface area contributed by atoms with E-state index in [0.717, 1.165) is 24.3 Å². The first-order valence-electron chi connectivity index (χ1n) is 8.82. The number of benzene rings is 2. The van der Waals surface area contributed by atoms with Crippen LogP contribution in [-0.2, 0) is 5.60 Å². The van der Waals surface area contributed by atoms with E-state index >= 15 is 0 Å². The van der Waals surface area contributed by atoms with Gasteiger partial charge >= 0.3 is 0 Å². The van der Waals surface area contributed by atoms with E-state index in [4.69, 9.17) is 17.3 Å². The van der Waals surface area contributed by atoms with Gasteiger partial charge < -0.3 is 15.7 Å². The number of amidine groups is 1. The zero-order valence-corrected chi connectivity index (χ0v) is 14.8. The van der Waals surface area contributed by atoms with Gasteiger partial charge in [-0.3, -0.25) is 0 Å². The summed E-state index contributed by atoms with van der Waals surface area (Å²) in [6.45, 7) is 1.99. The van der Waals surface area contributed by atoms with Gasteiger partial charge in [-0.15, -0.1) is 0 Å². The van der Waals surface area contributed by atoms with Crippen LogP contribution in [0.5, 0.6) is 0 Å². The molecule has 3 N–H and O–H groups in total. The second kappa shape index (κ2) is 6.36. The number of hydrogen-bond acceptors (Lipinski definition) is 4. The van der Waals surface area contributed by atoms with Crippen LogP contribution in [0.25, 0.3) is 0 Å². The van der Waals surface area contributed by atoms with E-state index in [2.05, 4.69) is 16.0 Å². The maximum absolute atomic E-state index is 11.6. The number of hydrogen-bond donors (Lipinski definition) is 2. The molecule has 25 heavy (non-hydrogen) atoms. The van der Waals surface area contributed by atoms with Gasteiger partial charge in [0.05, 0.1) is 5.69 Å². The molecule has 4 rings (SSSR count). The second-order valence-electron chi connectivity index (χ2n) is 6.79. The molecule has 1 atom stereocenters. The predicted molar refractivity (Wildman–Crippen MR) is 103 cm³/mol. The van der Waals surface area contributed by atoms with Gasteiger partial charge in [0.2, 0.25) is 0 Å². The molecule has 1 fully saturated rings. The lowest BCUT2D eigenvalue weighted by molar-refractivity contribution is 0.159. The molecule has 2 aromatic rings. The number of fused-ring (bicyclic) bond motifs is 1. The van der Waals surface area contributed by atoms with Crippen molar-refractivity contribution in [3.05, 3.63) is 58.6 Å². The summed E-state index contributed by atoms with van der Waals surface area (Å²) in [6.07, 6.45) is 4.84. The van der Waals surface area contributed by atoms with E-state index in [1.54, 1.807) is 18.2 Å². The molecule has 2 aliphatic rings. The molecule has 2 heterocycles. The average molecular weight is 356 g/mol. The van der Waals surface area contributed by atoms with Crippen LogP contribution in [0.15, 0.2) is 47.5 Å². The van der Waals surface area contributed by atoms with E-state index < -0.39 is 5.60 Å². The Morgan fingerprint density at radius 2 is 1.72 bits per heavy atom. The van der Waals surface area contributed by atoms with Crippen molar-refractivity contribution in [2.75, 3.05) is 18.0 Å². The minimum Gasteiger partial charge on any atom is -0.384 e. The number of aliphatic hydroxyl groups is 1. The van der Waals surface area contributed by atoms with E-state index in [0.29, 0.717) is 16.3 Å². The Hall–Kier alpha value is -2.04. The molecule has 130 valence electrons. The normalized spacial score (nSPS) is 23.1. The van der Waals surface area contributed by atoms with E-state index in [-0.39, 0.29) is 5.84 Å². The van der Waals surface area contributed by atoms with Gasteiger partial charge in [-0.1, -0.05) is 42.6 Å². The molecule has 0 radical (unpaired) electrons. The Morgan fingerprint density at radius 1 is 1.00 bits per heavy atom. The fraction of sp³-hybridized carbons (Fsp3) is 0.350. The molecule has 1 saturated heterocycles. The maximum atomic E-state index is 11.6. The molecule has 5 heteroatoms. The van der Waals surface area contributed by atoms with Gasteiger partial charge in [0.1, 0.15) is 5.84 Å². The summed E-state index contributed by atoms with van der Waals surface area (Å²) < 4.78 is 0. The number of aliphatic imine (C=N–C) groups is 1. The fourth-order valence-electron chi connectivity index (χ4n) is 3.89. The van der Waals surface area contributed by atoms with Gasteiger partial charge in [-0.2, -0.15) is 0 Å². The highest BCUT2D eigenvalue weighted by Gasteiger charge is 2.44. The molecule has 4 nitrogen and oxygen atoms in total. The quantitative estimate of drug-likeness (QED) is 0.857. The lowest BCUT2D eigenvalue weighted by Gasteiger charge is -2.32. The monoisotopic (exact) mass is 355 g/mol. The molecule has 0 aliphatic carbocycles. The Labute approximate surface area is 152 Å². The van der Waals surface area contributed by atoms with Crippen molar-refractivity contribution >= 4 is 28.8 Å². The van der Waals surface area contributed by atoms with Crippen molar-refractivity contribution in [2.45, 2.75) is 31.3 Å². The summed E-state index contributed by atoms with van der Waals surface area (Å²) in [6, 6.07) is 13.3. The zero-order chi connectivity index (χ0) is 17.4. The van der Waals surface area contributed by atoms with Crippen LogP contribution in [0, 0.1) is 0 Å². The first kappa shape index (κ1) is 16.4. The third-order valence-corrected chi connectivity index (χ3v) is 5.44. The highest BCUT2D eigenvalue weighted by molar-refractivity contribution is 6.30. The molecule has 2 aromatic carbocycles. The highest BCUT2D eigenvalue weighted by Crippen LogP contribution is 2.45. The lowest BCUT2D eigenvalue weighted by Crippen LogP contribution is -2.41. The van der Waals surface area contributed by atoms with Gasteiger partial charge in [0.25, 0.3) is 0 Å². The van der Waals surface area contributed by atoms with Gasteiger partial charge in [0.15, 0.2) is 5.60 Å². The molecule has 0 aromatic heterocycles. The summed E-state index contributed by atoms with van der Waals surface area (Å²) >= 11 is 6.18. The van der Waals surface area contributed by atoms with Crippen LogP contribution in [0.2, 0.25) is 5.02 Å². The fourth-order valence-corrected chi connectivity index (χ4v) is 4.07. The molecule has 1 unspecified atom stereocenters. The van der Waals surface area contributed by atoms with Crippen LogP contribution in [-0.4, -0.2) is 24.0 Å². The summed E-state index contributed by atoms with van der Waals surface area (Å²) in [4.78, 5) is 6.75. The van der Waals surface area contributed by atoms with Crippen molar-refractivity contribution in [1.29, 1.82) is 0 Å². The van der Waals surface area contributed by atoms with Crippen LogP contribution >= 0.6 is 11.6 Å². The third kappa shape index (κ3) is 2.70. The third-order valence-electron chi connectivity index (χ3n) is 5.20. The Morgan fingerprint density at radius 3 is 2.48 bits per heavy atom. The first-order valence-corrected chi connectivity index (χ1v) is 9.20. The number of para-hydroxylation sites is 1. The Kier molecular flexibility index (Phi) is 4.18. The van der Waals surface area contributed by atoms with Gasteiger partial charge in [0, 0.05) is 34.9 Å². The van der Waals surface area contributed by atoms with E-state index in [1.807, 2.05) is 18.2 Å².